The van der Waals surface area contributed by atoms with Crippen molar-refractivity contribution in [1.29, 1.82) is 0 Å². The monoisotopic (exact) mass is 608 g/mol. The van der Waals surface area contributed by atoms with Gasteiger partial charge in [0.2, 0.25) is 0 Å². The third kappa shape index (κ3) is 6.13. The Kier molecular flexibility index (Phi) is 7.98. The molecule has 1 unspecified atom stereocenters. The van der Waals surface area contributed by atoms with Gasteiger partial charge in [-0.1, -0.05) is 29.8 Å². The number of rotatable bonds is 7. The number of fused-ring (bicyclic) bond motifs is 1. The minimum Gasteiger partial charge on any atom is -0.482 e. The Morgan fingerprint density at radius 2 is 1.75 bits per heavy atom. The average Bonchev–Trinajstić information content (AvgIpc) is 3.18. The van der Waals surface area contributed by atoms with Crippen LogP contribution in [0.25, 0.3) is 20.7 Å². The maximum Gasteiger partial charge on any atom is 0.573 e. The van der Waals surface area contributed by atoms with Crippen LogP contribution in [0.3, 0.4) is 0 Å². The van der Waals surface area contributed by atoms with Gasteiger partial charge in [-0.05, 0) is 49.2 Å². The quantitative estimate of drug-likeness (QED) is 0.239. The maximum atomic E-state index is 13.3. The van der Waals surface area contributed by atoms with Crippen molar-refractivity contribution in [2.75, 3.05) is 0 Å². The van der Waals surface area contributed by atoms with Crippen LogP contribution in [0.15, 0.2) is 52.1 Å². The number of benzene rings is 2. The Balaban J connectivity index is 1.82. The third-order valence-electron chi connectivity index (χ3n) is 5.88. The first-order chi connectivity index (χ1) is 18.6. The van der Waals surface area contributed by atoms with Crippen LogP contribution < -0.4 is 20.7 Å². The molecule has 2 heterocycles. The number of halogens is 7. The van der Waals surface area contributed by atoms with E-state index in [2.05, 4.69) is 4.74 Å². The Morgan fingerprint density at radius 1 is 1.07 bits per heavy atom. The van der Waals surface area contributed by atoms with E-state index < -0.39 is 48.3 Å². The summed E-state index contributed by atoms with van der Waals surface area (Å²) in [5.41, 5.74) is -1.30. The first-order valence-electron chi connectivity index (χ1n) is 11.4. The summed E-state index contributed by atoms with van der Waals surface area (Å²) in [5, 5.41) is 9.69. The molecule has 4 rings (SSSR count). The topological polar surface area (TPSA) is 93.5 Å². The fourth-order valence-electron chi connectivity index (χ4n) is 4.00. The number of ether oxygens (including phenoxy) is 2. The van der Waals surface area contributed by atoms with E-state index in [-0.39, 0.29) is 32.0 Å². The number of H-pyrrole nitrogens is 1. The van der Waals surface area contributed by atoms with Gasteiger partial charge < -0.3 is 14.6 Å². The van der Waals surface area contributed by atoms with Crippen molar-refractivity contribution in [3.8, 4) is 21.9 Å². The summed E-state index contributed by atoms with van der Waals surface area (Å²) in [6, 6.07) is 10.2. The van der Waals surface area contributed by atoms with Crippen LogP contribution in [-0.2, 0) is 6.54 Å². The van der Waals surface area contributed by atoms with Crippen molar-refractivity contribution >= 4 is 33.2 Å². The van der Waals surface area contributed by atoms with Gasteiger partial charge in [-0.15, -0.1) is 24.5 Å². The third-order valence-corrected chi connectivity index (χ3v) is 7.59. The summed E-state index contributed by atoms with van der Waals surface area (Å²) in [4.78, 5) is 26.8. The molecular formula is C25H19ClF6N2O5S. The summed E-state index contributed by atoms with van der Waals surface area (Å²) in [7, 11) is 0. The highest BCUT2D eigenvalue weighted by Crippen LogP contribution is 2.43. The molecule has 0 aliphatic carbocycles. The van der Waals surface area contributed by atoms with E-state index in [4.69, 9.17) is 16.3 Å². The molecule has 2 atom stereocenters. The minimum absolute atomic E-state index is 0.102. The Labute approximate surface area is 230 Å². The Hall–Kier alpha value is -3.49. The number of hydrogen-bond donors (Lipinski definition) is 2. The molecule has 0 radical (unpaired) electrons. The first kappa shape index (κ1) is 29.5. The van der Waals surface area contributed by atoms with E-state index in [1.165, 1.54) is 19.1 Å². The van der Waals surface area contributed by atoms with Gasteiger partial charge >= 0.3 is 18.2 Å². The zero-order valence-electron chi connectivity index (χ0n) is 20.5. The van der Waals surface area contributed by atoms with E-state index >= 15 is 0 Å². The van der Waals surface area contributed by atoms with Crippen LogP contribution in [0.4, 0.5) is 26.3 Å². The molecular weight excluding hydrogens is 590 g/mol. The van der Waals surface area contributed by atoms with Gasteiger partial charge in [-0.2, -0.15) is 13.2 Å². The number of alkyl halides is 6. The molecule has 214 valence electrons. The lowest BCUT2D eigenvalue weighted by Gasteiger charge is -2.20. The zero-order chi connectivity index (χ0) is 29.6. The van der Waals surface area contributed by atoms with Crippen LogP contribution in [0, 0.1) is 6.92 Å². The van der Waals surface area contributed by atoms with Crippen LogP contribution >= 0.6 is 22.9 Å². The Bertz CT molecular complexity index is 1680. The second-order valence-corrected chi connectivity index (χ2v) is 10.1. The number of hydrogen-bond acceptors (Lipinski definition) is 6. The average molecular weight is 609 g/mol. The number of aromatic amines is 1. The predicted octanol–water partition coefficient (Wildman–Crippen LogP) is 6.34. The molecule has 0 amide bonds. The van der Waals surface area contributed by atoms with Crippen LogP contribution in [0.2, 0.25) is 5.02 Å². The standard InChI is InChI=1S/C25H19ClF6N2O5S/c1-11-19-21(36)33-23(37)34(10-18(35)24(27,28)29)22(19)40-20(11)13-7-8-16(17(9-13)39-25(30,31)32)38-12(2)14-5-3-4-6-15(14)26/h3-9,12,18,35H,10H2,1-2H3,(H,33,36,37)/t12?,18-/m1/s1. The molecule has 4 aromatic rings. The second-order valence-electron chi connectivity index (χ2n) is 8.65. The number of aliphatic hydroxyl groups excluding tert-OH is 1. The summed E-state index contributed by atoms with van der Waals surface area (Å²) in [5.74, 6) is -1.00. The number of aliphatic hydroxyl groups is 1. The smallest absolute Gasteiger partial charge is 0.482 e. The molecule has 0 bridgehead atoms. The molecule has 0 aliphatic rings. The molecule has 40 heavy (non-hydrogen) atoms. The largest absolute Gasteiger partial charge is 0.573 e. The van der Waals surface area contributed by atoms with Gasteiger partial charge in [0.15, 0.2) is 17.6 Å². The lowest BCUT2D eigenvalue weighted by molar-refractivity contribution is -0.275. The van der Waals surface area contributed by atoms with E-state index in [1.807, 2.05) is 4.98 Å². The fraction of sp³-hybridized carbons (Fsp3) is 0.280. The maximum absolute atomic E-state index is 13.3. The minimum atomic E-state index is -5.11. The Morgan fingerprint density at radius 3 is 2.38 bits per heavy atom. The molecule has 0 fully saturated rings. The zero-order valence-corrected chi connectivity index (χ0v) is 22.1. The summed E-state index contributed by atoms with van der Waals surface area (Å²) >= 11 is 6.86. The SMILES string of the molecule is Cc1c(-c2ccc(OC(C)c3ccccc3Cl)c(OC(F)(F)F)c2)sc2c1c(=O)[nH]c(=O)n2C[C@@H](O)C(F)(F)F. The van der Waals surface area contributed by atoms with Crippen molar-refractivity contribution in [3.63, 3.8) is 0 Å². The number of aromatic nitrogens is 2. The van der Waals surface area contributed by atoms with Gasteiger partial charge in [0, 0.05) is 15.5 Å². The van der Waals surface area contributed by atoms with Crippen molar-refractivity contribution in [1.82, 2.24) is 9.55 Å². The normalized spacial score (nSPS) is 13.8. The fourth-order valence-corrected chi connectivity index (χ4v) is 5.60. The number of thiophene rings is 1. The molecule has 2 aromatic carbocycles. The van der Waals surface area contributed by atoms with E-state index in [9.17, 15) is 41.0 Å². The van der Waals surface area contributed by atoms with Crippen molar-refractivity contribution in [2.45, 2.75) is 45.1 Å². The molecule has 2 aromatic heterocycles. The summed E-state index contributed by atoms with van der Waals surface area (Å²) < 4.78 is 89.3. The highest BCUT2D eigenvalue weighted by Gasteiger charge is 2.39. The van der Waals surface area contributed by atoms with Gasteiger partial charge in [-0.3, -0.25) is 14.3 Å². The van der Waals surface area contributed by atoms with Crippen LogP contribution in [0.5, 0.6) is 11.5 Å². The molecule has 0 saturated carbocycles. The number of nitrogens with one attached hydrogen (secondary N) is 1. The highest BCUT2D eigenvalue weighted by molar-refractivity contribution is 7.22. The van der Waals surface area contributed by atoms with Gasteiger partial charge in [0.25, 0.3) is 5.56 Å². The van der Waals surface area contributed by atoms with Crippen molar-refractivity contribution in [2.24, 2.45) is 0 Å². The van der Waals surface area contributed by atoms with Crippen molar-refractivity contribution < 1.29 is 40.9 Å². The van der Waals surface area contributed by atoms with Crippen LogP contribution in [-0.4, -0.2) is 33.3 Å². The van der Waals surface area contributed by atoms with Gasteiger partial charge in [0.05, 0.1) is 11.9 Å². The van der Waals surface area contributed by atoms with E-state index in [0.29, 0.717) is 26.5 Å². The lowest BCUT2D eigenvalue weighted by atomic mass is 10.1. The van der Waals surface area contributed by atoms with E-state index in [1.54, 1.807) is 31.2 Å². The highest BCUT2D eigenvalue weighted by atomic mass is 35.5. The lowest BCUT2D eigenvalue weighted by Crippen LogP contribution is -2.38. The van der Waals surface area contributed by atoms with E-state index in [0.717, 1.165) is 6.07 Å². The molecule has 2 N–H and O–H groups in total. The molecule has 0 aliphatic heterocycles. The van der Waals surface area contributed by atoms with Gasteiger partial charge in [0.1, 0.15) is 10.9 Å². The van der Waals surface area contributed by atoms with Crippen molar-refractivity contribution in [3.05, 3.63) is 79.5 Å². The summed E-state index contributed by atoms with van der Waals surface area (Å²) in [6.45, 7) is 1.79. The molecule has 0 saturated heterocycles. The van der Waals surface area contributed by atoms with Crippen LogP contribution in [0.1, 0.15) is 24.2 Å². The second kappa shape index (κ2) is 10.8. The number of nitrogens with zero attached hydrogens (tertiary/aromatic N) is 1. The van der Waals surface area contributed by atoms with Gasteiger partial charge in [-0.25, -0.2) is 4.79 Å². The molecule has 0 spiro atoms. The number of aryl methyl sites for hydroxylation is 1. The summed E-state index contributed by atoms with van der Waals surface area (Å²) in [6.07, 6.45) is -13.8. The first-order valence-corrected chi connectivity index (χ1v) is 12.6. The predicted molar refractivity (Wildman–Crippen MR) is 136 cm³/mol. The molecule has 15 heteroatoms. The molecule has 7 nitrogen and oxygen atoms in total.